The van der Waals surface area contributed by atoms with Crippen molar-refractivity contribution in [3.63, 3.8) is 0 Å². The maximum atomic E-state index is 13.4. The maximum absolute atomic E-state index is 13.4. The molecule has 2 aliphatic rings. The highest BCUT2D eigenvalue weighted by molar-refractivity contribution is 5.22. The zero-order valence-electron chi connectivity index (χ0n) is 13.2. The average molecular weight is 304 g/mol. The van der Waals surface area contributed by atoms with E-state index in [1.165, 1.54) is 50.7 Å². The Bertz CT molecular complexity index is 506. The van der Waals surface area contributed by atoms with Crippen LogP contribution in [0.25, 0.3) is 0 Å². The van der Waals surface area contributed by atoms with E-state index in [9.17, 15) is 8.78 Å². The van der Waals surface area contributed by atoms with Gasteiger partial charge in [0.25, 0.3) is 0 Å². The van der Waals surface area contributed by atoms with E-state index in [-0.39, 0.29) is 0 Å². The molecule has 120 valence electrons. The number of hydrogen-bond donors (Lipinski definition) is 0. The predicted molar refractivity (Wildman–Crippen MR) is 86.7 cm³/mol. The Balaban J connectivity index is 1.54. The molecule has 0 N–H and O–H groups in total. The number of rotatable bonds is 3. The molecule has 3 rings (SSSR count). The quantitative estimate of drug-likeness (QED) is 0.580. The topological polar surface area (TPSA) is 0 Å². The lowest BCUT2D eigenvalue weighted by Gasteiger charge is -2.37. The number of allylic oxidation sites excluding steroid dienone is 1. The molecule has 0 unspecified atom stereocenters. The van der Waals surface area contributed by atoms with E-state index in [4.69, 9.17) is 0 Å². The lowest BCUT2D eigenvalue weighted by atomic mass is 9.68. The highest BCUT2D eigenvalue weighted by atomic mass is 19.2. The minimum absolute atomic E-state index is 0.413. The summed E-state index contributed by atoms with van der Waals surface area (Å²) in [6.07, 6.45) is 12.1. The van der Waals surface area contributed by atoms with Crippen molar-refractivity contribution >= 4 is 0 Å². The lowest BCUT2D eigenvalue weighted by molar-refractivity contribution is 0.171. The Morgan fingerprint density at radius 3 is 1.95 bits per heavy atom. The summed E-state index contributed by atoms with van der Waals surface area (Å²) < 4.78 is 26.4. The van der Waals surface area contributed by atoms with Crippen molar-refractivity contribution in [2.45, 2.75) is 57.3 Å². The smallest absolute Gasteiger partial charge is 0.159 e. The van der Waals surface area contributed by atoms with Gasteiger partial charge in [-0.1, -0.05) is 12.1 Å². The van der Waals surface area contributed by atoms with Crippen molar-refractivity contribution < 1.29 is 8.78 Å². The Labute approximate surface area is 132 Å². The minimum atomic E-state index is -0.739. The molecule has 0 bridgehead atoms. The summed E-state index contributed by atoms with van der Waals surface area (Å²) in [5.74, 6) is 1.42. The van der Waals surface area contributed by atoms with Crippen LogP contribution in [0, 0.1) is 29.4 Å². The van der Waals surface area contributed by atoms with Crippen LogP contribution in [0.2, 0.25) is 0 Å². The standard InChI is InChI=1S/C20H26F2/c1-2-14-3-5-15(6-4-14)16-7-9-17(10-8-16)18-11-12-19(21)20(22)13-18/h2,11-17H,1,3-10H2/t14-,15-,16-,17-. The molecule has 0 aromatic heterocycles. The van der Waals surface area contributed by atoms with Gasteiger partial charge in [-0.15, -0.1) is 6.58 Å². The third kappa shape index (κ3) is 3.42. The second-order valence-electron chi connectivity index (χ2n) is 7.20. The van der Waals surface area contributed by atoms with Crippen molar-refractivity contribution in [2.24, 2.45) is 17.8 Å². The molecule has 0 radical (unpaired) electrons. The van der Waals surface area contributed by atoms with E-state index in [1.54, 1.807) is 6.07 Å². The van der Waals surface area contributed by atoms with Gasteiger partial charge in [-0.3, -0.25) is 0 Å². The maximum Gasteiger partial charge on any atom is 0.159 e. The van der Waals surface area contributed by atoms with E-state index in [2.05, 4.69) is 12.7 Å². The summed E-state index contributed by atoms with van der Waals surface area (Å²) in [5, 5.41) is 0. The number of hydrogen-bond acceptors (Lipinski definition) is 0. The lowest BCUT2D eigenvalue weighted by Crippen LogP contribution is -2.25. The molecule has 0 nitrogen and oxygen atoms in total. The van der Waals surface area contributed by atoms with Gasteiger partial charge >= 0.3 is 0 Å². The van der Waals surface area contributed by atoms with Gasteiger partial charge in [-0.05, 0) is 92.7 Å². The van der Waals surface area contributed by atoms with Crippen LogP contribution in [-0.2, 0) is 0 Å². The first-order valence-electron chi connectivity index (χ1n) is 8.75. The molecular formula is C20H26F2. The Kier molecular flexibility index (Phi) is 4.95. The highest BCUT2D eigenvalue weighted by Crippen LogP contribution is 2.44. The first kappa shape index (κ1) is 15.7. The minimum Gasteiger partial charge on any atom is -0.204 e. The van der Waals surface area contributed by atoms with Gasteiger partial charge in [0.05, 0.1) is 0 Å². The summed E-state index contributed by atoms with van der Waals surface area (Å²) in [6.45, 7) is 3.92. The van der Waals surface area contributed by atoms with Crippen LogP contribution in [0.15, 0.2) is 30.9 Å². The van der Waals surface area contributed by atoms with Crippen LogP contribution in [0.1, 0.15) is 62.8 Å². The monoisotopic (exact) mass is 304 g/mol. The molecule has 0 amide bonds. The summed E-state index contributed by atoms with van der Waals surface area (Å²) in [5.41, 5.74) is 0.979. The summed E-state index contributed by atoms with van der Waals surface area (Å²) in [7, 11) is 0. The number of benzene rings is 1. The Hall–Kier alpha value is -1.18. The summed E-state index contributed by atoms with van der Waals surface area (Å²) in [6, 6.07) is 4.43. The van der Waals surface area contributed by atoms with Gasteiger partial charge in [-0.2, -0.15) is 0 Å². The molecule has 2 aliphatic carbocycles. The number of halogens is 2. The first-order chi connectivity index (χ1) is 10.7. The van der Waals surface area contributed by atoms with Gasteiger partial charge in [0, 0.05) is 0 Å². The highest BCUT2D eigenvalue weighted by Gasteiger charge is 2.30. The van der Waals surface area contributed by atoms with E-state index >= 15 is 0 Å². The zero-order chi connectivity index (χ0) is 15.5. The van der Waals surface area contributed by atoms with E-state index in [0.717, 1.165) is 36.2 Å². The van der Waals surface area contributed by atoms with Gasteiger partial charge in [-0.25, -0.2) is 8.78 Å². The van der Waals surface area contributed by atoms with Gasteiger partial charge in [0.15, 0.2) is 11.6 Å². The van der Waals surface area contributed by atoms with E-state index in [0.29, 0.717) is 5.92 Å². The van der Waals surface area contributed by atoms with Crippen LogP contribution in [0.3, 0.4) is 0 Å². The molecule has 2 fully saturated rings. The molecular weight excluding hydrogens is 278 g/mol. The predicted octanol–water partition coefficient (Wildman–Crippen LogP) is 6.23. The van der Waals surface area contributed by atoms with Crippen LogP contribution >= 0.6 is 0 Å². The summed E-state index contributed by atoms with van der Waals surface area (Å²) in [4.78, 5) is 0. The van der Waals surface area contributed by atoms with Crippen LogP contribution in [0.4, 0.5) is 8.78 Å². The van der Waals surface area contributed by atoms with E-state index < -0.39 is 11.6 Å². The molecule has 1 aromatic rings. The molecule has 0 saturated heterocycles. The van der Waals surface area contributed by atoms with Crippen molar-refractivity contribution in [1.29, 1.82) is 0 Å². The SMILES string of the molecule is C=C[C@H]1CC[C@H]([C@H]2CC[C@H](c3ccc(F)c(F)c3)CC2)CC1. The molecule has 22 heavy (non-hydrogen) atoms. The van der Waals surface area contributed by atoms with E-state index in [1.807, 2.05) is 0 Å². The second kappa shape index (κ2) is 6.93. The van der Waals surface area contributed by atoms with Crippen molar-refractivity contribution in [3.8, 4) is 0 Å². The zero-order valence-corrected chi connectivity index (χ0v) is 13.2. The fourth-order valence-corrected chi connectivity index (χ4v) is 4.54. The van der Waals surface area contributed by atoms with Gasteiger partial charge < -0.3 is 0 Å². The molecule has 2 saturated carbocycles. The van der Waals surface area contributed by atoms with Crippen molar-refractivity contribution in [2.75, 3.05) is 0 Å². The second-order valence-corrected chi connectivity index (χ2v) is 7.20. The normalized spacial score (nSPS) is 32.6. The Morgan fingerprint density at radius 2 is 1.41 bits per heavy atom. The largest absolute Gasteiger partial charge is 0.204 e. The van der Waals surface area contributed by atoms with Crippen molar-refractivity contribution in [1.82, 2.24) is 0 Å². The molecule has 0 spiro atoms. The molecule has 1 aromatic carbocycles. The molecule has 0 aliphatic heterocycles. The molecule has 2 heteroatoms. The molecule has 0 heterocycles. The van der Waals surface area contributed by atoms with Crippen LogP contribution < -0.4 is 0 Å². The van der Waals surface area contributed by atoms with Gasteiger partial charge in [0.2, 0.25) is 0 Å². The third-order valence-electron chi connectivity index (χ3n) is 6.00. The fourth-order valence-electron chi connectivity index (χ4n) is 4.54. The van der Waals surface area contributed by atoms with Crippen LogP contribution in [0.5, 0.6) is 0 Å². The third-order valence-corrected chi connectivity index (χ3v) is 6.00. The fraction of sp³-hybridized carbons (Fsp3) is 0.600. The summed E-state index contributed by atoms with van der Waals surface area (Å²) >= 11 is 0. The molecule has 0 atom stereocenters. The van der Waals surface area contributed by atoms with Crippen molar-refractivity contribution in [3.05, 3.63) is 48.1 Å². The van der Waals surface area contributed by atoms with Crippen LogP contribution in [-0.4, -0.2) is 0 Å². The Morgan fingerprint density at radius 1 is 0.818 bits per heavy atom. The first-order valence-corrected chi connectivity index (χ1v) is 8.75. The van der Waals surface area contributed by atoms with Gasteiger partial charge in [0.1, 0.15) is 0 Å². The average Bonchev–Trinajstić information content (AvgIpc) is 2.58.